The molecule has 2 rings (SSSR count). The average Bonchev–Trinajstić information content (AvgIpc) is 2.56. The van der Waals surface area contributed by atoms with E-state index in [0.29, 0.717) is 18.2 Å². The first-order valence-electron chi connectivity index (χ1n) is 6.00. The molecule has 2 nitrogen and oxygen atoms in total. The van der Waals surface area contributed by atoms with E-state index in [4.69, 9.17) is 0 Å². The molecule has 1 heterocycles. The molecule has 86 valence electrons. The lowest BCUT2D eigenvalue weighted by Gasteiger charge is -2.20. The van der Waals surface area contributed by atoms with E-state index in [-0.39, 0.29) is 0 Å². The molecule has 0 aliphatic heterocycles. The van der Waals surface area contributed by atoms with Crippen molar-refractivity contribution in [3.05, 3.63) is 35.7 Å². The topological polar surface area (TPSA) is 22.0 Å². The van der Waals surface area contributed by atoms with Crippen molar-refractivity contribution in [2.45, 2.75) is 45.6 Å². The van der Waals surface area contributed by atoms with Gasteiger partial charge in [0.15, 0.2) is 5.78 Å². The van der Waals surface area contributed by atoms with Crippen LogP contribution in [0.1, 0.15) is 54.0 Å². The third-order valence-corrected chi connectivity index (χ3v) is 3.40. The Morgan fingerprint density at radius 1 is 1.56 bits per heavy atom. The largest absolute Gasteiger partial charge is 0.345 e. The molecule has 2 heteroatoms. The molecule has 1 aliphatic rings. The van der Waals surface area contributed by atoms with Gasteiger partial charge in [0.1, 0.15) is 0 Å². The zero-order chi connectivity index (χ0) is 11.7. The van der Waals surface area contributed by atoms with Crippen LogP contribution in [-0.4, -0.2) is 10.4 Å². The summed E-state index contributed by atoms with van der Waals surface area (Å²) in [6.45, 7) is 8.06. The molecule has 0 radical (unpaired) electrons. The lowest BCUT2D eigenvalue weighted by atomic mass is 9.96. The molecule has 0 spiro atoms. The van der Waals surface area contributed by atoms with Crippen molar-refractivity contribution in [1.82, 2.24) is 4.57 Å². The van der Waals surface area contributed by atoms with E-state index in [1.165, 1.54) is 11.4 Å². The number of aromatic nitrogens is 1. The van der Waals surface area contributed by atoms with Crippen LogP contribution in [-0.2, 0) is 6.42 Å². The number of allylic oxidation sites excluding steroid dienone is 1. The fraction of sp³-hybridized carbons (Fsp3) is 0.500. The van der Waals surface area contributed by atoms with Crippen LogP contribution in [0.3, 0.4) is 0 Å². The molecule has 1 atom stereocenters. The molecule has 0 amide bonds. The molecule has 0 aromatic carbocycles. The molecule has 0 N–H and O–H groups in total. The summed E-state index contributed by atoms with van der Waals surface area (Å²) in [5, 5.41) is 0. The van der Waals surface area contributed by atoms with Crippen molar-refractivity contribution < 1.29 is 4.79 Å². The molecule has 0 saturated carbocycles. The van der Waals surface area contributed by atoms with Crippen molar-refractivity contribution in [2.75, 3.05) is 0 Å². The number of Topliss-reactive ketones (excluding diaryl/α,β-unsaturated/α-hetero) is 1. The number of carbonyl (C=O) groups excluding carboxylic acids is 1. The number of hydrogen-bond acceptors (Lipinski definition) is 1. The molecule has 1 aliphatic carbocycles. The van der Waals surface area contributed by atoms with Gasteiger partial charge in [0.25, 0.3) is 0 Å². The van der Waals surface area contributed by atoms with E-state index in [1.807, 2.05) is 6.08 Å². The fourth-order valence-electron chi connectivity index (χ4n) is 2.71. The van der Waals surface area contributed by atoms with Gasteiger partial charge in [-0.25, -0.2) is 0 Å². The van der Waals surface area contributed by atoms with E-state index >= 15 is 0 Å². The van der Waals surface area contributed by atoms with E-state index < -0.39 is 0 Å². The van der Waals surface area contributed by atoms with Crippen LogP contribution >= 0.6 is 0 Å². The second-order valence-electron chi connectivity index (χ2n) is 4.67. The highest BCUT2D eigenvalue weighted by molar-refractivity contribution is 5.98. The second kappa shape index (κ2) is 4.28. The first-order chi connectivity index (χ1) is 7.65. The molecule has 1 unspecified atom stereocenters. The Hall–Kier alpha value is -1.31. The second-order valence-corrected chi connectivity index (χ2v) is 4.67. The normalized spacial score (nSPS) is 17.0. The van der Waals surface area contributed by atoms with Crippen molar-refractivity contribution in [3.8, 4) is 0 Å². The van der Waals surface area contributed by atoms with Crippen LogP contribution in [0.2, 0.25) is 0 Å². The van der Waals surface area contributed by atoms with E-state index in [2.05, 4.69) is 31.1 Å². The van der Waals surface area contributed by atoms with E-state index in [9.17, 15) is 4.79 Å². The summed E-state index contributed by atoms with van der Waals surface area (Å²) in [6, 6.07) is 2.46. The summed E-state index contributed by atoms with van der Waals surface area (Å²) in [6.07, 6.45) is 5.65. The number of nitrogens with zero attached hydrogens (tertiary/aromatic N) is 1. The minimum atomic E-state index is 0.314. The maximum Gasteiger partial charge on any atom is 0.164 e. The highest BCUT2D eigenvalue weighted by Gasteiger charge is 2.23. The monoisotopic (exact) mass is 217 g/mol. The summed E-state index contributed by atoms with van der Waals surface area (Å²) < 4.78 is 2.31. The molecular weight excluding hydrogens is 198 g/mol. The molecular formula is C14H19NO. The Morgan fingerprint density at radius 2 is 2.31 bits per heavy atom. The molecule has 0 bridgehead atoms. The van der Waals surface area contributed by atoms with Crippen LogP contribution in [0, 0.1) is 6.92 Å². The van der Waals surface area contributed by atoms with Crippen molar-refractivity contribution in [3.63, 3.8) is 0 Å². The van der Waals surface area contributed by atoms with Crippen molar-refractivity contribution in [1.29, 1.82) is 0 Å². The minimum Gasteiger partial charge on any atom is -0.345 e. The quantitative estimate of drug-likeness (QED) is 0.711. The molecule has 16 heavy (non-hydrogen) atoms. The van der Waals surface area contributed by atoms with Crippen LogP contribution in [0.15, 0.2) is 18.7 Å². The van der Waals surface area contributed by atoms with Gasteiger partial charge in [-0.05, 0) is 39.2 Å². The van der Waals surface area contributed by atoms with Gasteiger partial charge in [0.2, 0.25) is 0 Å². The van der Waals surface area contributed by atoms with Gasteiger partial charge in [0, 0.05) is 29.4 Å². The third kappa shape index (κ3) is 1.73. The Morgan fingerprint density at radius 3 is 3.00 bits per heavy atom. The highest BCUT2D eigenvalue weighted by atomic mass is 16.1. The minimum absolute atomic E-state index is 0.314. The summed E-state index contributed by atoms with van der Waals surface area (Å²) >= 11 is 0. The zero-order valence-electron chi connectivity index (χ0n) is 10.1. The third-order valence-electron chi connectivity index (χ3n) is 3.40. The smallest absolute Gasteiger partial charge is 0.164 e. The summed E-state index contributed by atoms with van der Waals surface area (Å²) in [4.78, 5) is 11.8. The lowest BCUT2D eigenvalue weighted by Crippen LogP contribution is -2.15. The number of ketones is 1. The zero-order valence-corrected chi connectivity index (χ0v) is 10.1. The number of carbonyl (C=O) groups is 1. The van der Waals surface area contributed by atoms with E-state index in [1.54, 1.807) is 0 Å². The Balaban J connectivity index is 2.45. The molecule has 1 aromatic rings. The predicted octanol–water partition coefficient (Wildman–Crippen LogP) is 3.45. The molecule has 0 fully saturated rings. The van der Waals surface area contributed by atoms with Gasteiger partial charge in [-0.2, -0.15) is 0 Å². The van der Waals surface area contributed by atoms with Crippen LogP contribution in [0.4, 0.5) is 0 Å². The van der Waals surface area contributed by atoms with Crippen molar-refractivity contribution >= 4 is 5.78 Å². The number of aryl methyl sites for hydroxylation is 1. The predicted molar refractivity (Wildman–Crippen MR) is 66.0 cm³/mol. The summed E-state index contributed by atoms with van der Waals surface area (Å²) in [5.74, 6) is 0.314. The Kier molecular flexibility index (Phi) is 2.99. The van der Waals surface area contributed by atoms with Gasteiger partial charge in [0.05, 0.1) is 0 Å². The molecule has 0 saturated heterocycles. The SMILES string of the molecule is C=CCC(C)n1c(C)cc2c1CCCC2=O. The van der Waals surface area contributed by atoms with Gasteiger partial charge < -0.3 is 4.57 Å². The van der Waals surface area contributed by atoms with Crippen LogP contribution < -0.4 is 0 Å². The van der Waals surface area contributed by atoms with Gasteiger partial charge in [-0.15, -0.1) is 6.58 Å². The van der Waals surface area contributed by atoms with E-state index in [0.717, 1.165) is 24.8 Å². The summed E-state index contributed by atoms with van der Waals surface area (Å²) in [5.41, 5.74) is 3.40. The number of hydrogen-bond donors (Lipinski definition) is 0. The summed E-state index contributed by atoms with van der Waals surface area (Å²) in [7, 11) is 0. The molecule has 1 aromatic heterocycles. The first kappa shape index (κ1) is 11.2. The van der Waals surface area contributed by atoms with Gasteiger partial charge in [-0.1, -0.05) is 6.08 Å². The maximum absolute atomic E-state index is 11.8. The van der Waals surface area contributed by atoms with Crippen molar-refractivity contribution in [2.24, 2.45) is 0 Å². The Bertz CT molecular complexity index is 428. The average molecular weight is 217 g/mol. The number of rotatable bonds is 3. The number of fused-ring (bicyclic) bond motifs is 1. The van der Waals surface area contributed by atoms with Crippen LogP contribution in [0.25, 0.3) is 0 Å². The van der Waals surface area contributed by atoms with Crippen LogP contribution in [0.5, 0.6) is 0 Å². The van der Waals surface area contributed by atoms with Gasteiger partial charge >= 0.3 is 0 Å². The van der Waals surface area contributed by atoms with Gasteiger partial charge in [-0.3, -0.25) is 4.79 Å². The Labute approximate surface area is 97.0 Å². The highest BCUT2D eigenvalue weighted by Crippen LogP contribution is 2.28. The first-order valence-corrected chi connectivity index (χ1v) is 6.00. The lowest BCUT2D eigenvalue weighted by molar-refractivity contribution is 0.0971. The fourth-order valence-corrected chi connectivity index (χ4v) is 2.71. The maximum atomic E-state index is 11.8. The standard InChI is InChI=1S/C14H19NO/c1-4-6-10(2)15-11(3)9-12-13(15)7-5-8-14(12)16/h4,9-10H,1,5-8H2,2-3H3.